The second kappa shape index (κ2) is 1.48. The van der Waals surface area contributed by atoms with Crippen LogP contribution in [0.3, 0.4) is 0 Å². The Balaban J connectivity index is 3.02. The zero-order valence-electron chi connectivity index (χ0n) is 4.59. The fraction of sp³-hybridized carbons (Fsp3) is 0.600. The summed E-state index contributed by atoms with van der Waals surface area (Å²) >= 11 is 0. The smallest absolute Gasteiger partial charge is 0.193 e. The van der Waals surface area contributed by atoms with Gasteiger partial charge in [0.15, 0.2) is 4.75 Å². The van der Waals surface area contributed by atoms with Crippen molar-refractivity contribution < 1.29 is 12.3 Å². The van der Waals surface area contributed by atoms with E-state index in [9.17, 15) is 12.3 Å². The van der Waals surface area contributed by atoms with Gasteiger partial charge in [0.05, 0.1) is 0 Å². The highest BCUT2D eigenvalue weighted by Crippen LogP contribution is 2.43. The van der Waals surface area contributed by atoms with Crippen LogP contribution < -0.4 is 0 Å². The molecule has 4 heteroatoms. The van der Waals surface area contributed by atoms with E-state index in [0.717, 1.165) is 0 Å². The van der Waals surface area contributed by atoms with Crippen LogP contribution in [0.4, 0.5) is 3.89 Å². The second-order valence-corrected chi connectivity index (χ2v) is 3.73. The van der Waals surface area contributed by atoms with Crippen LogP contribution in [0.2, 0.25) is 0 Å². The lowest BCUT2D eigenvalue weighted by Gasteiger charge is -1.96. The molecule has 0 heterocycles. The van der Waals surface area contributed by atoms with Crippen LogP contribution in [0.1, 0.15) is 12.8 Å². The molecule has 0 atom stereocenters. The molecule has 0 aliphatic heterocycles. The molecule has 0 aromatic carbocycles. The van der Waals surface area contributed by atoms with Crippen molar-refractivity contribution >= 4 is 10.2 Å². The van der Waals surface area contributed by atoms with Crippen LogP contribution in [0.5, 0.6) is 0 Å². The molecule has 0 aromatic rings. The van der Waals surface area contributed by atoms with Crippen LogP contribution in [0, 0.1) is 12.3 Å². The molecule has 2 nitrogen and oxygen atoms in total. The summed E-state index contributed by atoms with van der Waals surface area (Å²) in [6.07, 6.45) is 5.32. The molecular formula is C5H5FO2S. The SMILES string of the molecule is C#CC1(S(=O)(=O)F)CC1. The second-order valence-electron chi connectivity index (χ2n) is 2.08. The van der Waals surface area contributed by atoms with Gasteiger partial charge in [-0.1, -0.05) is 5.92 Å². The lowest BCUT2D eigenvalue weighted by molar-refractivity contribution is 0.543. The standard InChI is InChI=1S/C5H5FO2S/c1-2-5(3-4-5)9(6,7)8/h1H,3-4H2. The minimum atomic E-state index is -4.48. The first-order valence-corrected chi connectivity index (χ1v) is 3.82. The number of hydrogen-bond donors (Lipinski definition) is 0. The van der Waals surface area contributed by atoms with Crippen molar-refractivity contribution in [3.05, 3.63) is 0 Å². The minimum absolute atomic E-state index is 0.266. The lowest BCUT2D eigenvalue weighted by Crippen LogP contribution is -2.15. The van der Waals surface area contributed by atoms with E-state index in [1.807, 2.05) is 5.92 Å². The summed E-state index contributed by atoms with van der Waals surface area (Å²) in [4.78, 5) is 0. The van der Waals surface area contributed by atoms with Gasteiger partial charge in [-0.15, -0.1) is 10.3 Å². The zero-order valence-corrected chi connectivity index (χ0v) is 5.41. The maximum atomic E-state index is 12.1. The number of terminal acetylenes is 1. The number of hydrogen-bond acceptors (Lipinski definition) is 2. The van der Waals surface area contributed by atoms with E-state index in [0.29, 0.717) is 0 Å². The van der Waals surface area contributed by atoms with Gasteiger partial charge in [-0.25, -0.2) is 0 Å². The van der Waals surface area contributed by atoms with E-state index >= 15 is 0 Å². The Kier molecular flexibility index (Phi) is 1.08. The van der Waals surface area contributed by atoms with Gasteiger partial charge in [-0.05, 0) is 12.8 Å². The summed E-state index contributed by atoms with van der Waals surface area (Å²) in [5.74, 6) is 1.93. The Hall–Kier alpha value is -0.560. The van der Waals surface area contributed by atoms with Gasteiger partial charge in [0.1, 0.15) is 0 Å². The maximum absolute atomic E-state index is 12.1. The average molecular weight is 148 g/mol. The largest absolute Gasteiger partial charge is 0.319 e. The lowest BCUT2D eigenvalue weighted by atomic mass is 10.4. The van der Waals surface area contributed by atoms with Gasteiger partial charge in [-0.3, -0.25) is 0 Å². The Morgan fingerprint density at radius 1 is 1.56 bits per heavy atom. The molecule has 0 spiro atoms. The molecule has 1 saturated carbocycles. The van der Waals surface area contributed by atoms with Crippen molar-refractivity contribution in [2.45, 2.75) is 17.6 Å². The number of rotatable bonds is 1. The third-order valence-electron chi connectivity index (χ3n) is 1.43. The first-order valence-electron chi connectivity index (χ1n) is 2.44. The molecule has 0 N–H and O–H groups in total. The highest BCUT2D eigenvalue weighted by Gasteiger charge is 2.54. The number of halogens is 1. The van der Waals surface area contributed by atoms with Crippen molar-refractivity contribution in [3.63, 3.8) is 0 Å². The maximum Gasteiger partial charge on any atom is 0.319 e. The van der Waals surface area contributed by atoms with E-state index in [1.165, 1.54) is 0 Å². The molecular weight excluding hydrogens is 143 g/mol. The van der Waals surface area contributed by atoms with E-state index in [2.05, 4.69) is 0 Å². The summed E-state index contributed by atoms with van der Waals surface area (Å²) in [5.41, 5.74) is 0. The third-order valence-corrected chi connectivity index (χ3v) is 2.89. The first-order chi connectivity index (χ1) is 4.02. The molecule has 9 heavy (non-hydrogen) atoms. The predicted molar refractivity (Wildman–Crippen MR) is 30.8 cm³/mol. The van der Waals surface area contributed by atoms with Crippen molar-refractivity contribution in [1.29, 1.82) is 0 Å². The molecule has 0 saturated heterocycles. The van der Waals surface area contributed by atoms with Gasteiger partial charge < -0.3 is 0 Å². The fourth-order valence-corrected chi connectivity index (χ4v) is 1.30. The summed E-state index contributed by atoms with van der Waals surface area (Å²) in [7, 11) is -4.48. The molecule has 0 aromatic heterocycles. The van der Waals surface area contributed by atoms with Crippen molar-refractivity contribution in [2.24, 2.45) is 0 Å². The highest BCUT2D eigenvalue weighted by atomic mass is 32.3. The van der Waals surface area contributed by atoms with Gasteiger partial charge in [0.2, 0.25) is 0 Å². The normalized spacial score (nSPS) is 22.7. The molecule has 0 amide bonds. The summed E-state index contributed by atoms with van der Waals surface area (Å²) in [6.45, 7) is 0. The van der Waals surface area contributed by atoms with Crippen molar-refractivity contribution in [3.8, 4) is 12.3 Å². The molecule has 1 fully saturated rings. The van der Waals surface area contributed by atoms with E-state index in [4.69, 9.17) is 6.42 Å². The molecule has 1 aliphatic carbocycles. The Morgan fingerprint density at radius 3 is 2.00 bits per heavy atom. The van der Waals surface area contributed by atoms with Crippen LogP contribution in [0.25, 0.3) is 0 Å². The van der Waals surface area contributed by atoms with Gasteiger partial charge in [0, 0.05) is 0 Å². The van der Waals surface area contributed by atoms with Crippen LogP contribution in [0.15, 0.2) is 0 Å². The van der Waals surface area contributed by atoms with E-state index in [1.54, 1.807) is 0 Å². The van der Waals surface area contributed by atoms with Crippen LogP contribution >= 0.6 is 0 Å². The Bertz CT molecular complexity index is 255. The van der Waals surface area contributed by atoms with Gasteiger partial charge in [0.25, 0.3) is 0 Å². The predicted octanol–water partition coefficient (Wildman–Crippen LogP) is 0.452. The zero-order chi connectivity index (χ0) is 7.12. The highest BCUT2D eigenvalue weighted by molar-refractivity contribution is 7.88. The molecule has 50 valence electrons. The quantitative estimate of drug-likeness (QED) is 0.399. The molecule has 0 unspecified atom stereocenters. The van der Waals surface area contributed by atoms with Gasteiger partial charge in [-0.2, -0.15) is 8.42 Å². The molecule has 1 rings (SSSR count). The minimum Gasteiger partial charge on any atom is -0.193 e. The summed E-state index contributed by atoms with van der Waals surface area (Å²) in [6, 6.07) is 0. The third kappa shape index (κ3) is 0.815. The Morgan fingerprint density at radius 2 is 2.00 bits per heavy atom. The van der Waals surface area contributed by atoms with Crippen molar-refractivity contribution in [2.75, 3.05) is 0 Å². The topological polar surface area (TPSA) is 34.1 Å². The van der Waals surface area contributed by atoms with Gasteiger partial charge >= 0.3 is 10.2 Å². The van der Waals surface area contributed by atoms with Crippen LogP contribution in [-0.4, -0.2) is 13.2 Å². The molecule has 1 aliphatic rings. The molecule has 0 bridgehead atoms. The fourth-order valence-electron chi connectivity index (χ4n) is 0.572. The van der Waals surface area contributed by atoms with Crippen molar-refractivity contribution in [1.82, 2.24) is 0 Å². The van der Waals surface area contributed by atoms with E-state index in [-0.39, 0.29) is 12.8 Å². The van der Waals surface area contributed by atoms with Crippen LogP contribution in [-0.2, 0) is 10.2 Å². The summed E-state index contributed by atoms with van der Waals surface area (Å²) < 4.78 is 30.9. The van der Waals surface area contributed by atoms with E-state index < -0.39 is 15.0 Å². The average Bonchev–Trinajstić information content (AvgIpc) is 2.40. The molecule has 0 radical (unpaired) electrons. The Labute approximate surface area is 53.3 Å². The monoisotopic (exact) mass is 148 g/mol. The first kappa shape index (κ1) is 6.56. The summed E-state index contributed by atoms with van der Waals surface area (Å²) in [5, 5.41) is 0.